The van der Waals surface area contributed by atoms with Crippen LogP contribution in [0, 0.1) is 0 Å². The van der Waals surface area contributed by atoms with Gasteiger partial charge in [0, 0.05) is 38.1 Å². The van der Waals surface area contributed by atoms with Crippen molar-refractivity contribution in [2.24, 2.45) is 0 Å². The molecule has 2 aliphatic heterocycles. The fraction of sp³-hybridized carbons (Fsp3) is 0.688. The summed E-state index contributed by atoms with van der Waals surface area (Å²) in [5.74, 6) is 0.473. The van der Waals surface area contributed by atoms with Gasteiger partial charge >= 0.3 is 0 Å². The van der Waals surface area contributed by atoms with Gasteiger partial charge in [-0.3, -0.25) is 9.59 Å². The molecule has 0 radical (unpaired) electrons. The van der Waals surface area contributed by atoms with Crippen molar-refractivity contribution >= 4 is 11.7 Å². The zero-order valence-corrected chi connectivity index (χ0v) is 13.3. The van der Waals surface area contributed by atoms with E-state index in [1.165, 1.54) is 6.20 Å². The minimum atomic E-state index is -0.185. The number of hydrogen-bond acceptors (Lipinski definition) is 5. The first-order valence-corrected chi connectivity index (χ1v) is 8.42. The van der Waals surface area contributed by atoms with Crippen LogP contribution in [0.1, 0.15) is 38.5 Å². The molecule has 2 atom stereocenters. The van der Waals surface area contributed by atoms with E-state index in [0.717, 1.165) is 45.3 Å². The molecule has 0 spiro atoms. The summed E-state index contributed by atoms with van der Waals surface area (Å²) >= 11 is 0. The first-order chi connectivity index (χ1) is 11.2. The Morgan fingerprint density at radius 2 is 2.30 bits per heavy atom. The van der Waals surface area contributed by atoms with E-state index in [9.17, 15) is 9.59 Å². The minimum Gasteiger partial charge on any atom is -0.378 e. The van der Waals surface area contributed by atoms with Crippen LogP contribution in [0.5, 0.6) is 0 Å². The number of hydrogen-bond donors (Lipinski definition) is 2. The molecule has 1 aromatic heterocycles. The number of carbonyl (C=O) groups is 1. The Morgan fingerprint density at radius 1 is 1.39 bits per heavy atom. The van der Waals surface area contributed by atoms with Crippen LogP contribution in [0.2, 0.25) is 0 Å². The van der Waals surface area contributed by atoms with Gasteiger partial charge in [-0.05, 0) is 32.1 Å². The largest absolute Gasteiger partial charge is 0.378 e. The second-order valence-electron chi connectivity index (χ2n) is 6.29. The fourth-order valence-electron chi connectivity index (χ4n) is 3.32. The predicted octanol–water partition coefficient (Wildman–Crippen LogP) is 0.814. The van der Waals surface area contributed by atoms with Crippen LogP contribution in [0.4, 0.5) is 5.82 Å². The van der Waals surface area contributed by atoms with Gasteiger partial charge in [-0.15, -0.1) is 0 Å². The molecule has 0 bridgehead atoms. The second kappa shape index (κ2) is 7.59. The molecule has 7 nitrogen and oxygen atoms in total. The van der Waals surface area contributed by atoms with E-state index >= 15 is 0 Å². The van der Waals surface area contributed by atoms with Gasteiger partial charge in [0.1, 0.15) is 0 Å². The van der Waals surface area contributed by atoms with Gasteiger partial charge in [0.2, 0.25) is 5.91 Å². The van der Waals surface area contributed by atoms with E-state index < -0.39 is 0 Å². The SMILES string of the molecule is O=C(CC1CCCCO1)NC1CCCN(c2ncc[nH]c2=O)C1. The number of carbonyl (C=O) groups excluding carboxylic acids is 1. The number of ether oxygens (including phenoxy) is 1. The summed E-state index contributed by atoms with van der Waals surface area (Å²) in [5, 5.41) is 3.08. The van der Waals surface area contributed by atoms with Gasteiger partial charge in [0.25, 0.3) is 5.56 Å². The van der Waals surface area contributed by atoms with Crippen molar-refractivity contribution in [1.82, 2.24) is 15.3 Å². The van der Waals surface area contributed by atoms with Gasteiger partial charge < -0.3 is 19.9 Å². The summed E-state index contributed by atoms with van der Waals surface area (Å²) in [4.78, 5) is 32.8. The van der Waals surface area contributed by atoms with Crippen molar-refractivity contribution in [1.29, 1.82) is 0 Å². The molecule has 23 heavy (non-hydrogen) atoms. The lowest BCUT2D eigenvalue weighted by molar-refractivity contribution is -0.125. The standard InChI is InChI=1S/C16H24N4O3/c21-14(10-13-5-1-2-9-23-13)19-12-4-3-8-20(11-12)15-16(22)18-7-6-17-15/h6-7,12-13H,1-5,8-11H2,(H,18,22)(H,19,21). The summed E-state index contributed by atoms with van der Waals surface area (Å²) in [5.41, 5.74) is -0.185. The molecular weight excluding hydrogens is 296 g/mol. The third-order valence-electron chi connectivity index (χ3n) is 4.46. The van der Waals surface area contributed by atoms with Crippen molar-refractivity contribution in [3.05, 3.63) is 22.7 Å². The van der Waals surface area contributed by atoms with Crippen LogP contribution in [0.3, 0.4) is 0 Å². The molecule has 2 fully saturated rings. The molecule has 3 heterocycles. The van der Waals surface area contributed by atoms with E-state index in [0.29, 0.717) is 18.8 Å². The maximum Gasteiger partial charge on any atom is 0.290 e. The van der Waals surface area contributed by atoms with E-state index in [1.54, 1.807) is 6.20 Å². The van der Waals surface area contributed by atoms with Crippen LogP contribution in [0.15, 0.2) is 17.2 Å². The van der Waals surface area contributed by atoms with Crippen molar-refractivity contribution in [3.8, 4) is 0 Å². The van der Waals surface area contributed by atoms with E-state index in [2.05, 4.69) is 15.3 Å². The quantitative estimate of drug-likeness (QED) is 0.857. The number of nitrogens with one attached hydrogen (secondary N) is 2. The highest BCUT2D eigenvalue weighted by atomic mass is 16.5. The Bertz CT molecular complexity index is 583. The maximum atomic E-state index is 12.2. The molecule has 1 aromatic rings. The number of amides is 1. The average Bonchev–Trinajstić information content (AvgIpc) is 2.56. The summed E-state index contributed by atoms with van der Waals surface area (Å²) in [6.45, 7) is 2.17. The number of nitrogens with zero attached hydrogens (tertiary/aromatic N) is 2. The van der Waals surface area contributed by atoms with E-state index in [4.69, 9.17) is 4.74 Å². The fourth-order valence-corrected chi connectivity index (χ4v) is 3.32. The van der Waals surface area contributed by atoms with Gasteiger partial charge in [0.15, 0.2) is 5.82 Å². The molecular formula is C16H24N4O3. The lowest BCUT2D eigenvalue weighted by Crippen LogP contribution is -2.49. The van der Waals surface area contributed by atoms with E-state index in [-0.39, 0.29) is 23.6 Å². The Morgan fingerprint density at radius 3 is 3.09 bits per heavy atom. The number of rotatable bonds is 4. The monoisotopic (exact) mass is 320 g/mol. The molecule has 1 amide bonds. The number of aromatic amines is 1. The summed E-state index contributed by atoms with van der Waals surface area (Å²) < 4.78 is 5.62. The van der Waals surface area contributed by atoms with Gasteiger partial charge in [-0.2, -0.15) is 0 Å². The lowest BCUT2D eigenvalue weighted by Gasteiger charge is -2.33. The second-order valence-corrected chi connectivity index (χ2v) is 6.29. The number of H-pyrrole nitrogens is 1. The van der Waals surface area contributed by atoms with Crippen LogP contribution < -0.4 is 15.8 Å². The Balaban J connectivity index is 1.53. The molecule has 126 valence electrons. The molecule has 2 saturated heterocycles. The number of aromatic nitrogens is 2. The van der Waals surface area contributed by atoms with Crippen LogP contribution in [-0.4, -0.2) is 47.7 Å². The van der Waals surface area contributed by atoms with Gasteiger partial charge in [-0.1, -0.05) is 0 Å². The summed E-state index contributed by atoms with van der Waals surface area (Å²) in [6, 6.07) is 0.0567. The van der Waals surface area contributed by atoms with Crippen molar-refractivity contribution in [2.75, 3.05) is 24.6 Å². The Hall–Kier alpha value is -1.89. The highest BCUT2D eigenvalue weighted by Crippen LogP contribution is 2.17. The molecule has 7 heteroatoms. The predicted molar refractivity (Wildman–Crippen MR) is 86.4 cm³/mol. The van der Waals surface area contributed by atoms with Crippen molar-refractivity contribution in [2.45, 2.75) is 50.7 Å². The van der Waals surface area contributed by atoms with Gasteiger partial charge in [0.05, 0.1) is 12.5 Å². The topological polar surface area (TPSA) is 87.3 Å². The molecule has 2 N–H and O–H groups in total. The third-order valence-corrected chi connectivity index (χ3v) is 4.46. The molecule has 3 rings (SSSR count). The lowest BCUT2D eigenvalue weighted by atomic mass is 10.0. The summed E-state index contributed by atoms with van der Waals surface area (Å²) in [7, 11) is 0. The summed E-state index contributed by atoms with van der Waals surface area (Å²) in [6.07, 6.45) is 8.65. The Labute approximate surface area is 135 Å². The first kappa shape index (κ1) is 16.0. The molecule has 2 aliphatic rings. The zero-order chi connectivity index (χ0) is 16.1. The Kier molecular flexibility index (Phi) is 5.27. The highest BCUT2D eigenvalue weighted by molar-refractivity contribution is 5.76. The van der Waals surface area contributed by atoms with Crippen molar-refractivity contribution in [3.63, 3.8) is 0 Å². The number of anilines is 1. The van der Waals surface area contributed by atoms with Crippen LogP contribution >= 0.6 is 0 Å². The normalized spacial score (nSPS) is 25.1. The zero-order valence-electron chi connectivity index (χ0n) is 13.3. The number of piperidine rings is 1. The highest BCUT2D eigenvalue weighted by Gasteiger charge is 2.25. The molecule has 0 aromatic carbocycles. The van der Waals surface area contributed by atoms with Crippen LogP contribution in [0.25, 0.3) is 0 Å². The minimum absolute atomic E-state index is 0.0404. The van der Waals surface area contributed by atoms with Gasteiger partial charge in [-0.25, -0.2) is 4.98 Å². The van der Waals surface area contributed by atoms with E-state index in [1.807, 2.05) is 4.90 Å². The maximum absolute atomic E-state index is 12.2. The smallest absolute Gasteiger partial charge is 0.290 e. The molecule has 0 saturated carbocycles. The molecule has 2 unspecified atom stereocenters. The third kappa shape index (κ3) is 4.31. The average molecular weight is 320 g/mol. The van der Waals surface area contributed by atoms with Crippen molar-refractivity contribution < 1.29 is 9.53 Å². The van der Waals surface area contributed by atoms with Crippen LogP contribution in [-0.2, 0) is 9.53 Å². The molecule has 0 aliphatic carbocycles. The first-order valence-electron chi connectivity index (χ1n) is 8.42.